The van der Waals surface area contributed by atoms with Crippen LogP contribution >= 0.6 is 27.5 Å². The van der Waals surface area contributed by atoms with Crippen LogP contribution in [0.3, 0.4) is 0 Å². The van der Waals surface area contributed by atoms with Crippen LogP contribution in [0.2, 0.25) is 5.02 Å². The summed E-state index contributed by atoms with van der Waals surface area (Å²) >= 11 is 9.69. The van der Waals surface area contributed by atoms with E-state index >= 15 is 0 Å². The van der Waals surface area contributed by atoms with Gasteiger partial charge in [0.05, 0.1) is 12.1 Å². The first-order valence-electron chi connectivity index (χ1n) is 5.93. The minimum atomic E-state index is 0.630. The molecule has 0 fully saturated rings. The lowest BCUT2D eigenvalue weighted by Crippen LogP contribution is -2.00. The van der Waals surface area contributed by atoms with E-state index in [0.29, 0.717) is 17.3 Å². The molecule has 2 aromatic carbocycles. The number of anilines is 1. The number of ether oxygens (including phenoxy) is 1. The molecule has 4 heteroatoms. The van der Waals surface area contributed by atoms with Crippen LogP contribution in [0.4, 0.5) is 5.69 Å². The van der Waals surface area contributed by atoms with Crippen molar-refractivity contribution in [3.05, 3.63) is 57.0 Å². The van der Waals surface area contributed by atoms with Gasteiger partial charge in [-0.1, -0.05) is 29.8 Å². The van der Waals surface area contributed by atoms with E-state index in [-0.39, 0.29) is 0 Å². The Balaban J connectivity index is 2.10. The number of aryl methyl sites for hydroxylation is 1. The highest BCUT2D eigenvalue weighted by Gasteiger charge is 2.04. The average molecular weight is 341 g/mol. The molecule has 2 aromatic rings. The summed E-state index contributed by atoms with van der Waals surface area (Å²) in [6, 6.07) is 11.9. The fourth-order valence-electron chi connectivity index (χ4n) is 1.80. The molecule has 0 aliphatic heterocycles. The summed E-state index contributed by atoms with van der Waals surface area (Å²) in [6.07, 6.45) is 0. The standard InChI is InChI=1S/C15H15BrClNO/c1-10-4-3-5-13(15(10)16)18-9-11-6-7-14(19-2)12(17)8-11/h3-8,18H,9H2,1-2H3. The van der Waals surface area contributed by atoms with Crippen LogP contribution in [0.15, 0.2) is 40.9 Å². The first kappa shape index (κ1) is 14.2. The zero-order valence-corrected chi connectivity index (χ0v) is 13.2. The second-order valence-corrected chi connectivity index (χ2v) is 5.46. The van der Waals surface area contributed by atoms with Gasteiger partial charge in [0.1, 0.15) is 5.75 Å². The number of nitrogens with one attached hydrogen (secondary N) is 1. The van der Waals surface area contributed by atoms with Crippen LogP contribution in [-0.2, 0) is 6.54 Å². The Kier molecular flexibility index (Phi) is 4.72. The molecule has 100 valence electrons. The second kappa shape index (κ2) is 6.31. The van der Waals surface area contributed by atoms with Crippen LogP contribution in [0.25, 0.3) is 0 Å². The molecule has 19 heavy (non-hydrogen) atoms. The Morgan fingerprint density at radius 1 is 1.26 bits per heavy atom. The van der Waals surface area contributed by atoms with Crippen LogP contribution in [0, 0.1) is 6.92 Å². The molecule has 0 spiro atoms. The molecule has 0 amide bonds. The SMILES string of the molecule is COc1ccc(CNc2cccc(C)c2Br)cc1Cl. The van der Waals surface area contributed by atoms with Gasteiger partial charge in [0.25, 0.3) is 0 Å². The Bertz CT molecular complexity index is 586. The van der Waals surface area contributed by atoms with E-state index in [1.54, 1.807) is 7.11 Å². The number of benzene rings is 2. The largest absolute Gasteiger partial charge is 0.495 e. The van der Waals surface area contributed by atoms with Crippen molar-refractivity contribution in [2.45, 2.75) is 13.5 Å². The molecule has 0 radical (unpaired) electrons. The van der Waals surface area contributed by atoms with Gasteiger partial charge in [-0.3, -0.25) is 0 Å². The van der Waals surface area contributed by atoms with Crippen LogP contribution in [0.1, 0.15) is 11.1 Å². The molecule has 2 rings (SSSR count). The molecule has 0 aliphatic rings. The fourth-order valence-corrected chi connectivity index (χ4v) is 2.49. The Labute approximate surface area is 126 Å². The van der Waals surface area contributed by atoms with E-state index in [1.165, 1.54) is 5.56 Å². The van der Waals surface area contributed by atoms with Gasteiger partial charge in [0.15, 0.2) is 0 Å². The highest BCUT2D eigenvalue weighted by Crippen LogP contribution is 2.28. The number of methoxy groups -OCH3 is 1. The smallest absolute Gasteiger partial charge is 0.137 e. The Morgan fingerprint density at radius 2 is 2.05 bits per heavy atom. The molecule has 0 heterocycles. The van der Waals surface area contributed by atoms with E-state index < -0.39 is 0 Å². The van der Waals surface area contributed by atoms with Crippen molar-refractivity contribution in [2.75, 3.05) is 12.4 Å². The van der Waals surface area contributed by atoms with Crippen molar-refractivity contribution >= 4 is 33.2 Å². The van der Waals surface area contributed by atoms with Crippen molar-refractivity contribution in [2.24, 2.45) is 0 Å². The van der Waals surface area contributed by atoms with Gasteiger partial charge in [0.2, 0.25) is 0 Å². The van der Waals surface area contributed by atoms with Crippen molar-refractivity contribution in [3.8, 4) is 5.75 Å². The molecule has 0 bridgehead atoms. The van der Waals surface area contributed by atoms with Crippen LogP contribution in [-0.4, -0.2) is 7.11 Å². The molecule has 0 aromatic heterocycles. The van der Waals surface area contributed by atoms with E-state index in [4.69, 9.17) is 16.3 Å². The number of hydrogen-bond donors (Lipinski definition) is 1. The van der Waals surface area contributed by atoms with Crippen LogP contribution in [0.5, 0.6) is 5.75 Å². The molecule has 2 nitrogen and oxygen atoms in total. The molecule has 0 aliphatic carbocycles. The molecule has 0 saturated heterocycles. The second-order valence-electron chi connectivity index (χ2n) is 4.26. The van der Waals surface area contributed by atoms with Crippen molar-refractivity contribution in [1.82, 2.24) is 0 Å². The van der Waals surface area contributed by atoms with Gasteiger partial charge in [-0.15, -0.1) is 0 Å². The predicted molar refractivity (Wildman–Crippen MR) is 84.2 cm³/mol. The summed E-state index contributed by atoms with van der Waals surface area (Å²) in [5.74, 6) is 0.696. The third kappa shape index (κ3) is 3.43. The molecule has 1 N–H and O–H groups in total. The normalized spacial score (nSPS) is 10.3. The Hall–Kier alpha value is -1.19. The zero-order valence-electron chi connectivity index (χ0n) is 10.8. The zero-order chi connectivity index (χ0) is 13.8. The third-order valence-electron chi connectivity index (χ3n) is 2.89. The van der Waals surface area contributed by atoms with Gasteiger partial charge < -0.3 is 10.1 Å². The van der Waals surface area contributed by atoms with Crippen molar-refractivity contribution < 1.29 is 4.74 Å². The molecular formula is C15H15BrClNO. The topological polar surface area (TPSA) is 21.3 Å². The molecule has 0 atom stereocenters. The number of halogens is 2. The number of rotatable bonds is 4. The van der Waals surface area contributed by atoms with Gasteiger partial charge >= 0.3 is 0 Å². The third-order valence-corrected chi connectivity index (χ3v) is 4.24. The summed E-state index contributed by atoms with van der Waals surface area (Å²) < 4.78 is 6.23. The molecule has 0 saturated carbocycles. The summed E-state index contributed by atoms with van der Waals surface area (Å²) in [6.45, 7) is 2.78. The van der Waals surface area contributed by atoms with Crippen molar-refractivity contribution in [1.29, 1.82) is 0 Å². The lowest BCUT2D eigenvalue weighted by atomic mass is 10.2. The van der Waals surface area contributed by atoms with E-state index in [2.05, 4.69) is 34.2 Å². The summed E-state index contributed by atoms with van der Waals surface area (Å²) in [7, 11) is 1.61. The quantitative estimate of drug-likeness (QED) is 0.842. The maximum Gasteiger partial charge on any atom is 0.137 e. The van der Waals surface area contributed by atoms with Crippen molar-refractivity contribution in [3.63, 3.8) is 0 Å². The summed E-state index contributed by atoms with van der Waals surface area (Å²) in [5.41, 5.74) is 3.39. The number of hydrogen-bond acceptors (Lipinski definition) is 2. The van der Waals surface area contributed by atoms with Gasteiger partial charge in [0, 0.05) is 16.7 Å². The first-order valence-corrected chi connectivity index (χ1v) is 7.10. The highest BCUT2D eigenvalue weighted by atomic mass is 79.9. The minimum Gasteiger partial charge on any atom is -0.495 e. The molecule has 0 unspecified atom stereocenters. The maximum absolute atomic E-state index is 6.11. The first-order chi connectivity index (χ1) is 9.11. The average Bonchev–Trinajstić information content (AvgIpc) is 2.40. The fraction of sp³-hybridized carbons (Fsp3) is 0.200. The molecular weight excluding hydrogens is 326 g/mol. The minimum absolute atomic E-state index is 0.630. The summed E-state index contributed by atoms with van der Waals surface area (Å²) in [4.78, 5) is 0. The lowest BCUT2D eigenvalue weighted by Gasteiger charge is -2.11. The van der Waals surface area contributed by atoms with Gasteiger partial charge in [-0.25, -0.2) is 0 Å². The Morgan fingerprint density at radius 3 is 2.74 bits per heavy atom. The summed E-state index contributed by atoms with van der Waals surface area (Å²) in [5, 5.41) is 4.02. The lowest BCUT2D eigenvalue weighted by molar-refractivity contribution is 0.415. The maximum atomic E-state index is 6.11. The van der Waals surface area contributed by atoms with E-state index in [0.717, 1.165) is 15.7 Å². The van der Waals surface area contributed by atoms with E-state index in [9.17, 15) is 0 Å². The highest BCUT2D eigenvalue weighted by molar-refractivity contribution is 9.10. The van der Waals surface area contributed by atoms with Crippen LogP contribution < -0.4 is 10.1 Å². The van der Waals surface area contributed by atoms with Gasteiger partial charge in [-0.2, -0.15) is 0 Å². The van der Waals surface area contributed by atoms with E-state index in [1.807, 2.05) is 30.3 Å². The monoisotopic (exact) mass is 339 g/mol. The predicted octanol–water partition coefficient (Wildman–Crippen LogP) is 5.03. The van der Waals surface area contributed by atoms with Gasteiger partial charge in [-0.05, 0) is 52.2 Å².